The van der Waals surface area contributed by atoms with Crippen molar-refractivity contribution >= 4 is 17.3 Å². The van der Waals surface area contributed by atoms with Gasteiger partial charge in [0.2, 0.25) is 0 Å². The van der Waals surface area contributed by atoms with Crippen LogP contribution in [-0.2, 0) is 0 Å². The van der Waals surface area contributed by atoms with Gasteiger partial charge in [-0.2, -0.15) is 0 Å². The topological polar surface area (TPSA) is 42.3 Å². The van der Waals surface area contributed by atoms with E-state index in [-0.39, 0.29) is 10.8 Å². The number of hydrogen-bond donors (Lipinski definition) is 0. The molecule has 0 bridgehead atoms. The Morgan fingerprint density at radius 2 is 2.30 bits per heavy atom. The molecule has 0 spiro atoms. The van der Waals surface area contributed by atoms with E-state index in [1.807, 2.05) is 0 Å². The van der Waals surface area contributed by atoms with E-state index < -0.39 is 0 Å². The van der Waals surface area contributed by atoms with E-state index in [1.54, 1.807) is 13.0 Å². The summed E-state index contributed by atoms with van der Waals surface area (Å²) in [6.07, 6.45) is 0. The third-order valence-corrected chi connectivity index (χ3v) is 1.34. The van der Waals surface area contributed by atoms with Crippen LogP contribution in [0.3, 0.4) is 0 Å². The fourth-order valence-corrected chi connectivity index (χ4v) is 0.817. The molecule has 0 radical (unpaired) electrons. The molecule has 4 heteroatoms. The Labute approximate surface area is 63.0 Å². The highest BCUT2D eigenvalue weighted by Crippen LogP contribution is 2.21. The lowest BCUT2D eigenvalue weighted by Gasteiger charge is -1.93. The van der Waals surface area contributed by atoms with Crippen LogP contribution in [0.25, 0.3) is 0 Å². The van der Waals surface area contributed by atoms with Crippen molar-refractivity contribution < 1.29 is 0 Å². The standard InChI is InChI=1S/C6H5ClN2O/c1-4-2-3-5(9-10)6(7)8-4/h2-3H,1H3. The number of rotatable bonds is 1. The molecule has 1 rings (SSSR count). The monoisotopic (exact) mass is 156 g/mol. The molecule has 0 saturated carbocycles. The molecule has 0 fully saturated rings. The number of aryl methyl sites for hydroxylation is 1. The van der Waals surface area contributed by atoms with Gasteiger partial charge in [0.15, 0.2) is 5.15 Å². The SMILES string of the molecule is Cc1ccc(N=O)c(Cl)n1. The Morgan fingerprint density at radius 3 is 2.80 bits per heavy atom. The van der Waals surface area contributed by atoms with Crippen LogP contribution < -0.4 is 0 Å². The third-order valence-electron chi connectivity index (χ3n) is 1.07. The highest BCUT2D eigenvalue weighted by molar-refractivity contribution is 6.31. The predicted octanol–water partition coefficient (Wildman–Crippen LogP) is 2.44. The van der Waals surface area contributed by atoms with Gasteiger partial charge in [-0.05, 0) is 24.2 Å². The maximum atomic E-state index is 9.96. The molecule has 0 aliphatic carbocycles. The van der Waals surface area contributed by atoms with Crippen molar-refractivity contribution in [2.75, 3.05) is 0 Å². The van der Waals surface area contributed by atoms with Gasteiger partial charge in [-0.15, -0.1) is 4.91 Å². The van der Waals surface area contributed by atoms with Gasteiger partial charge in [-0.25, -0.2) is 4.98 Å². The molecule has 0 aliphatic rings. The summed E-state index contributed by atoms with van der Waals surface area (Å²) < 4.78 is 0. The molecular formula is C6H5ClN2O. The smallest absolute Gasteiger partial charge is 0.158 e. The van der Waals surface area contributed by atoms with Crippen LogP contribution in [0.1, 0.15) is 5.69 Å². The molecule has 10 heavy (non-hydrogen) atoms. The van der Waals surface area contributed by atoms with Crippen LogP contribution in [0.4, 0.5) is 5.69 Å². The number of halogens is 1. The first-order valence-electron chi connectivity index (χ1n) is 2.70. The molecule has 1 heterocycles. The summed E-state index contributed by atoms with van der Waals surface area (Å²) in [7, 11) is 0. The lowest BCUT2D eigenvalue weighted by atomic mass is 10.3. The molecule has 1 aromatic heterocycles. The summed E-state index contributed by atoms with van der Waals surface area (Å²) >= 11 is 5.52. The summed E-state index contributed by atoms with van der Waals surface area (Å²) in [6, 6.07) is 3.22. The van der Waals surface area contributed by atoms with Gasteiger partial charge in [0.1, 0.15) is 5.69 Å². The zero-order valence-electron chi connectivity index (χ0n) is 5.34. The third kappa shape index (κ3) is 1.30. The normalized spacial score (nSPS) is 9.40. The molecule has 0 unspecified atom stereocenters. The van der Waals surface area contributed by atoms with E-state index in [1.165, 1.54) is 6.07 Å². The summed E-state index contributed by atoms with van der Waals surface area (Å²) in [5.74, 6) is 0. The van der Waals surface area contributed by atoms with Crippen LogP contribution in [0.2, 0.25) is 5.15 Å². The molecule has 0 saturated heterocycles. The lowest BCUT2D eigenvalue weighted by Crippen LogP contribution is -1.79. The van der Waals surface area contributed by atoms with Crippen LogP contribution in [-0.4, -0.2) is 4.98 Å². The van der Waals surface area contributed by atoms with E-state index in [2.05, 4.69) is 10.2 Å². The van der Waals surface area contributed by atoms with E-state index >= 15 is 0 Å². The van der Waals surface area contributed by atoms with E-state index in [0.717, 1.165) is 5.69 Å². The fourth-order valence-electron chi connectivity index (χ4n) is 0.586. The fraction of sp³-hybridized carbons (Fsp3) is 0.167. The predicted molar refractivity (Wildman–Crippen MR) is 39.4 cm³/mol. The lowest BCUT2D eigenvalue weighted by molar-refractivity contribution is 1.19. The first kappa shape index (κ1) is 7.15. The largest absolute Gasteiger partial charge is 0.239 e. The van der Waals surface area contributed by atoms with Gasteiger partial charge in [-0.3, -0.25) is 0 Å². The quantitative estimate of drug-likeness (QED) is 0.463. The van der Waals surface area contributed by atoms with E-state index in [0.29, 0.717) is 0 Å². The summed E-state index contributed by atoms with van der Waals surface area (Å²) in [4.78, 5) is 13.8. The molecule has 3 nitrogen and oxygen atoms in total. The van der Waals surface area contributed by atoms with Crippen molar-refractivity contribution in [1.82, 2.24) is 4.98 Å². The second-order valence-electron chi connectivity index (χ2n) is 1.85. The van der Waals surface area contributed by atoms with Crippen LogP contribution in [0, 0.1) is 11.8 Å². The van der Waals surface area contributed by atoms with Crippen molar-refractivity contribution in [2.24, 2.45) is 5.18 Å². The molecule has 0 aromatic carbocycles. The Hall–Kier alpha value is -0.960. The summed E-state index contributed by atoms with van der Waals surface area (Å²) in [5, 5.41) is 2.83. The van der Waals surface area contributed by atoms with Crippen LogP contribution >= 0.6 is 11.6 Å². The molecule has 0 amide bonds. The molecular weight excluding hydrogens is 152 g/mol. The average molecular weight is 157 g/mol. The number of aromatic nitrogens is 1. The maximum Gasteiger partial charge on any atom is 0.158 e. The molecule has 0 atom stereocenters. The van der Waals surface area contributed by atoms with E-state index in [4.69, 9.17) is 11.6 Å². The minimum absolute atomic E-state index is 0.162. The zero-order chi connectivity index (χ0) is 7.56. The Kier molecular flexibility index (Phi) is 1.97. The van der Waals surface area contributed by atoms with Crippen LogP contribution in [0.5, 0.6) is 0 Å². The first-order chi connectivity index (χ1) is 4.74. The van der Waals surface area contributed by atoms with Crippen molar-refractivity contribution in [2.45, 2.75) is 6.92 Å². The van der Waals surface area contributed by atoms with Crippen molar-refractivity contribution in [3.63, 3.8) is 0 Å². The van der Waals surface area contributed by atoms with Gasteiger partial charge < -0.3 is 0 Å². The zero-order valence-corrected chi connectivity index (χ0v) is 6.09. The molecule has 52 valence electrons. The molecule has 0 N–H and O–H groups in total. The minimum atomic E-state index is 0.162. The minimum Gasteiger partial charge on any atom is -0.239 e. The highest BCUT2D eigenvalue weighted by atomic mass is 35.5. The Morgan fingerprint density at radius 1 is 1.60 bits per heavy atom. The van der Waals surface area contributed by atoms with E-state index in [9.17, 15) is 4.91 Å². The van der Waals surface area contributed by atoms with Gasteiger partial charge in [-0.1, -0.05) is 11.6 Å². The molecule has 1 aromatic rings. The average Bonchev–Trinajstić information content (AvgIpc) is 1.88. The van der Waals surface area contributed by atoms with Gasteiger partial charge in [0.05, 0.1) is 0 Å². The van der Waals surface area contributed by atoms with Crippen LogP contribution in [0.15, 0.2) is 17.3 Å². The highest BCUT2D eigenvalue weighted by Gasteiger charge is 1.99. The summed E-state index contributed by atoms with van der Waals surface area (Å²) in [5.41, 5.74) is 0.963. The summed E-state index contributed by atoms with van der Waals surface area (Å²) in [6.45, 7) is 1.79. The first-order valence-corrected chi connectivity index (χ1v) is 3.08. The molecule has 0 aliphatic heterocycles. The number of pyridine rings is 1. The van der Waals surface area contributed by atoms with Crippen molar-refractivity contribution in [3.05, 3.63) is 27.9 Å². The Bertz CT molecular complexity index is 262. The van der Waals surface area contributed by atoms with Gasteiger partial charge in [0, 0.05) is 5.69 Å². The van der Waals surface area contributed by atoms with Gasteiger partial charge in [0.25, 0.3) is 0 Å². The Balaban J connectivity index is 3.19. The maximum absolute atomic E-state index is 9.96. The second kappa shape index (κ2) is 2.75. The van der Waals surface area contributed by atoms with Gasteiger partial charge >= 0.3 is 0 Å². The number of nitroso groups, excluding NO2 is 1. The number of nitrogens with zero attached hydrogens (tertiary/aromatic N) is 2. The van der Waals surface area contributed by atoms with Crippen molar-refractivity contribution in [1.29, 1.82) is 0 Å². The second-order valence-corrected chi connectivity index (χ2v) is 2.21. The number of hydrogen-bond acceptors (Lipinski definition) is 3. The van der Waals surface area contributed by atoms with Crippen molar-refractivity contribution in [3.8, 4) is 0 Å².